The molecule has 3 N–H and O–H groups in total. The molecule has 0 saturated heterocycles. The molecule has 0 unspecified atom stereocenters. The van der Waals surface area contributed by atoms with Gasteiger partial charge in [-0.3, -0.25) is 4.79 Å². The Kier molecular flexibility index (Phi) is 6.30. The number of carbonyl (C=O) groups excluding carboxylic acids is 2. The maximum absolute atomic E-state index is 12.5. The summed E-state index contributed by atoms with van der Waals surface area (Å²) in [4.78, 5) is 36.0. The minimum atomic E-state index is -1.04. The van der Waals surface area contributed by atoms with Crippen molar-refractivity contribution in [2.24, 2.45) is 11.8 Å². The Morgan fingerprint density at radius 3 is 2.26 bits per heavy atom. The van der Waals surface area contributed by atoms with Crippen LogP contribution in [0.15, 0.2) is 71.2 Å². The molecule has 178 valence electrons. The number of hydrogen-bond donors (Lipinski definition) is 3. The number of amides is 2. The van der Waals surface area contributed by atoms with Crippen LogP contribution < -0.4 is 10.6 Å². The number of fused-ring (bicyclic) bond motifs is 3. The third kappa shape index (κ3) is 4.79. The Hall–Kier alpha value is -3.65. The topological polar surface area (TPSA) is 105 Å². The molecule has 2 amide bonds. The van der Waals surface area contributed by atoms with Gasteiger partial charge in [-0.05, 0) is 68.7 Å². The Balaban J connectivity index is 1.10. The third-order valence-corrected chi connectivity index (χ3v) is 7.24. The first-order valence-corrected chi connectivity index (χ1v) is 12.1. The van der Waals surface area contributed by atoms with E-state index < -0.39 is 12.1 Å². The van der Waals surface area contributed by atoms with Crippen LogP contribution in [0.5, 0.6) is 0 Å². The largest absolute Gasteiger partial charge is 0.478 e. The highest BCUT2D eigenvalue weighted by atomic mass is 79.9. The minimum absolute atomic E-state index is 0.00133. The zero-order valence-electron chi connectivity index (χ0n) is 18.7. The second-order valence-electron chi connectivity index (χ2n) is 8.80. The molecule has 3 aromatic carbocycles. The fourth-order valence-corrected chi connectivity index (χ4v) is 5.11. The summed E-state index contributed by atoms with van der Waals surface area (Å²) in [6.07, 6.45) is 0.172. The van der Waals surface area contributed by atoms with E-state index >= 15 is 0 Å². The molecule has 2 atom stereocenters. The van der Waals surface area contributed by atoms with E-state index in [1.165, 1.54) is 23.3 Å². The SMILES string of the molecule is O=C(NC[C@@H]1C[C@@H]1C(=O)Nc1ccc(C(=O)O)cc1Br)OCC1c2ccccc2-c2ccccc21. The number of rotatable bonds is 7. The maximum atomic E-state index is 12.5. The summed E-state index contributed by atoms with van der Waals surface area (Å²) >= 11 is 3.29. The van der Waals surface area contributed by atoms with Gasteiger partial charge in [0.15, 0.2) is 0 Å². The van der Waals surface area contributed by atoms with E-state index in [-0.39, 0.29) is 35.8 Å². The number of carbonyl (C=O) groups is 3. The Bertz CT molecular complexity index is 1280. The highest BCUT2D eigenvalue weighted by molar-refractivity contribution is 9.10. The van der Waals surface area contributed by atoms with Crippen LogP contribution in [-0.4, -0.2) is 36.2 Å². The lowest BCUT2D eigenvalue weighted by atomic mass is 9.98. The molecular weight excluding hydrogens is 512 g/mol. The number of ether oxygens (including phenoxy) is 1. The summed E-state index contributed by atoms with van der Waals surface area (Å²) in [6, 6.07) is 20.8. The fourth-order valence-electron chi connectivity index (χ4n) is 4.63. The molecule has 1 saturated carbocycles. The van der Waals surface area contributed by atoms with Crippen molar-refractivity contribution in [3.8, 4) is 11.1 Å². The molecule has 0 aromatic heterocycles. The third-order valence-electron chi connectivity index (χ3n) is 6.59. The number of anilines is 1. The first-order valence-electron chi connectivity index (χ1n) is 11.3. The average Bonchev–Trinajstić information content (AvgIpc) is 3.58. The highest BCUT2D eigenvalue weighted by Crippen LogP contribution is 2.44. The second kappa shape index (κ2) is 9.54. The van der Waals surface area contributed by atoms with Gasteiger partial charge in [0.25, 0.3) is 0 Å². The molecule has 1 fully saturated rings. The number of halogens is 1. The molecule has 2 aliphatic rings. The van der Waals surface area contributed by atoms with Gasteiger partial charge in [0.05, 0.1) is 11.3 Å². The number of carboxylic acid groups (broad SMARTS) is 1. The molecule has 0 radical (unpaired) electrons. The molecule has 35 heavy (non-hydrogen) atoms. The van der Waals surface area contributed by atoms with E-state index in [4.69, 9.17) is 9.84 Å². The number of carboxylic acids is 1. The van der Waals surface area contributed by atoms with Crippen molar-refractivity contribution in [3.63, 3.8) is 0 Å². The summed E-state index contributed by atoms with van der Waals surface area (Å²) in [6.45, 7) is 0.600. The summed E-state index contributed by atoms with van der Waals surface area (Å²) in [5.74, 6) is -1.38. The van der Waals surface area contributed by atoms with Crippen LogP contribution in [0.25, 0.3) is 11.1 Å². The van der Waals surface area contributed by atoms with Gasteiger partial charge >= 0.3 is 12.1 Å². The van der Waals surface area contributed by atoms with E-state index in [1.54, 1.807) is 6.07 Å². The lowest BCUT2D eigenvalue weighted by Crippen LogP contribution is -2.29. The quantitative estimate of drug-likeness (QED) is 0.383. The van der Waals surface area contributed by atoms with Crippen molar-refractivity contribution in [3.05, 3.63) is 87.9 Å². The summed E-state index contributed by atoms with van der Waals surface area (Å²) in [5.41, 5.74) is 5.30. The van der Waals surface area contributed by atoms with Gasteiger partial charge in [0.2, 0.25) is 5.91 Å². The zero-order valence-corrected chi connectivity index (χ0v) is 20.2. The van der Waals surface area contributed by atoms with Crippen LogP contribution in [0.4, 0.5) is 10.5 Å². The summed E-state index contributed by atoms with van der Waals surface area (Å²) in [5, 5.41) is 14.6. The number of benzene rings is 3. The van der Waals surface area contributed by atoms with Gasteiger partial charge in [-0.1, -0.05) is 48.5 Å². The predicted molar refractivity (Wildman–Crippen MR) is 134 cm³/mol. The van der Waals surface area contributed by atoms with E-state index in [1.807, 2.05) is 24.3 Å². The van der Waals surface area contributed by atoms with E-state index in [9.17, 15) is 14.4 Å². The number of nitrogens with one attached hydrogen (secondary N) is 2. The molecule has 0 spiro atoms. The van der Waals surface area contributed by atoms with E-state index in [0.717, 1.165) is 11.1 Å². The molecule has 2 aliphatic carbocycles. The minimum Gasteiger partial charge on any atom is -0.478 e. The monoisotopic (exact) mass is 534 g/mol. The average molecular weight is 535 g/mol. The van der Waals surface area contributed by atoms with Crippen molar-refractivity contribution >= 4 is 39.6 Å². The fraction of sp³-hybridized carbons (Fsp3) is 0.222. The van der Waals surface area contributed by atoms with Gasteiger partial charge in [-0.25, -0.2) is 9.59 Å². The Labute approximate surface area is 210 Å². The molecule has 7 nitrogen and oxygen atoms in total. The van der Waals surface area contributed by atoms with Crippen molar-refractivity contribution in [1.29, 1.82) is 0 Å². The molecule has 0 heterocycles. The van der Waals surface area contributed by atoms with Gasteiger partial charge < -0.3 is 20.5 Å². The first-order chi connectivity index (χ1) is 16.9. The molecule has 0 aliphatic heterocycles. The van der Waals surface area contributed by atoms with Crippen LogP contribution in [0, 0.1) is 11.8 Å². The summed E-state index contributed by atoms with van der Waals surface area (Å²) in [7, 11) is 0. The van der Waals surface area contributed by atoms with Gasteiger partial charge in [-0.15, -0.1) is 0 Å². The summed E-state index contributed by atoms with van der Waals surface area (Å²) < 4.78 is 6.05. The molecular formula is C27H23BrN2O5. The van der Waals surface area contributed by atoms with Crippen LogP contribution in [0.3, 0.4) is 0 Å². The van der Waals surface area contributed by atoms with Gasteiger partial charge in [0, 0.05) is 22.9 Å². The van der Waals surface area contributed by atoms with E-state index in [2.05, 4.69) is 50.8 Å². The van der Waals surface area contributed by atoms with Gasteiger partial charge in [0.1, 0.15) is 6.61 Å². The maximum Gasteiger partial charge on any atom is 0.407 e. The number of aromatic carboxylic acids is 1. The van der Waals surface area contributed by atoms with Gasteiger partial charge in [-0.2, -0.15) is 0 Å². The lowest BCUT2D eigenvalue weighted by Gasteiger charge is -2.14. The standard InChI is InChI=1S/C27H23BrN2O5/c28-23-12-15(26(32)33)9-10-24(23)30-25(31)21-11-16(21)13-29-27(34)35-14-22-19-7-3-1-5-17(19)18-6-2-4-8-20(18)22/h1-10,12,16,21-22H,11,13-14H2,(H,29,34)(H,30,31)(H,32,33)/t16-,21-/m0/s1. The molecule has 8 heteroatoms. The van der Waals surface area contributed by atoms with Crippen LogP contribution in [-0.2, 0) is 9.53 Å². The molecule has 5 rings (SSSR count). The first kappa shape index (κ1) is 23.1. The number of hydrogen-bond acceptors (Lipinski definition) is 4. The van der Waals surface area contributed by atoms with Crippen molar-refractivity contribution < 1.29 is 24.2 Å². The van der Waals surface area contributed by atoms with Crippen LogP contribution >= 0.6 is 15.9 Å². The zero-order chi connectivity index (χ0) is 24.5. The molecule has 3 aromatic rings. The van der Waals surface area contributed by atoms with Crippen molar-refractivity contribution in [1.82, 2.24) is 5.32 Å². The second-order valence-corrected chi connectivity index (χ2v) is 9.65. The highest BCUT2D eigenvalue weighted by Gasteiger charge is 2.43. The van der Waals surface area contributed by atoms with Crippen molar-refractivity contribution in [2.45, 2.75) is 12.3 Å². The Morgan fingerprint density at radius 1 is 0.971 bits per heavy atom. The predicted octanol–water partition coefficient (Wildman–Crippen LogP) is 5.26. The van der Waals surface area contributed by atoms with Crippen molar-refractivity contribution in [2.75, 3.05) is 18.5 Å². The normalized spacial score (nSPS) is 17.7. The Morgan fingerprint density at radius 2 is 1.63 bits per heavy atom. The van der Waals surface area contributed by atoms with E-state index in [0.29, 0.717) is 23.1 Å². The number of alkyl carbamates (subject to hydrolysis) is 1. The molecule has 0 bridgehead atoms. The van der Waals surface area contributed by atoms with Crippen LogP contribution in [0.1, 0.15) is 33.8 Å². The lowest BCUT2D eigenvalue weighted by molar-refractivity contribution is -0.117. The van der Waals surface area contributed by atoms with Crippen LogP contribution in [0.2, 0.25) is 0 Å². The smallest absolute Gasteiger partial charge is 0.407 e.